The van der Waals surface area contributed by atoms with Crippen molar-refractivity contribution in [3.63, 3.8) is 0 Å². The Morgan fingerprint density at radius 3 is 1.24 bits per heavy atom. The van der Waals surface area contributed by atoms with Gasteiger partial charge in [-0.05, 0) is 107 Å². The zero-order valence-corrected chi connectivity index (χ0v) is 49.4. The molecule has 0 bridgehead atoms. The maximum Gasteiger partial charge on any atom is 1.00 e. The smallest absolute Gasteiger partial charge is 0.255 e. The summed E-state index contributed by atoms with van der Waals surface area (Å²) in [7, 11) is -12.3. The van der Waals surface area contributed by atoms with Gasteiger partial charge in [0, 0.05) is 52.1 Å². The van der Waals surface area contributed by atoms with Crippen LogP contribution in [-0.4, -0.2) is 23.2 Å². The van der Waals surface area contributed by atoms with E-state index >= 15 is 0 Å². The van der Waals surface area contributed by atoms with Crippen LogP contribution in [0.5, 0.6) is 11.5 Å². The number of halogens is 6. The fourth-order valence-electron chi connectivity index (χ4n) is 10.4. The molecule has 0 saturated carbocycles. The van der Waals surface area contributed by atoms with Gasteiger partial charge in [-0.15, -0.1) is 0 Å². The van der Waals surface area contributed by atoms with E-state index in [0.717, 1.165) is 47.4 Å². The number of nitrogens with zero attached hydrogens (tertiary/aromatic N) is 2. The molecule has 0 aliphatic carbocycles. The average Bonchev–Trinajstić information content (AvgIpc) is 3.02. The molecular formula is C69H58CuF6N2O2P3. The third kappa shape index (κ3) is 14.4. The van der Waals surface area contributed by atoms with Gasteiger partial charge < -0.3 is 9.47 Å². The molecule has 83 heavy (non-hydrogen) atoms. The quantitative estimate of drug-likeness (QED) is 0.0592. The Morgan fingerprint density at radius 2 is 0.807 bits per heavy atom. The van der Waals surface area contributed by atoms with Gasteiger partial charge in [0.05, 0.1) is 17.1 Å². The summed E-state index contributed by atoms with van der Waals surface area (Å²) in [6.45, 7) is 10.4. The van der Waals surface area contributed by atoms with Crippen LogP contribution >= 0.6 is 23.7 Å². The Morgan fingerprint density at radius 1 is 0.422 bits per heavy atom. The van der Waals surface area contributed by atoms with Crippen molar-refractivity contribution in [2.45, 2.75) is 33.1 Å². The molecule has 0 unspecified atom stereocenters. The molecule has 0 fully saturated rings. The van der Waals surface area contributed by atoms with Crippen LogP contribution in [0.4, 0.5) is 25.2 Å². The summed E-state index contributed by atoms with van der Waals surface area (Å²) in [6, 6.07) is 89.0. The molecule has 0 spiro atoms. The Balaban J connectivity index is 0.000000173. The van der Waals surface area contributed by atoms with Crippen molar-refractivity contribution < 1.29 is 51.7 Å². The summed E-state index contributed by atoms with van der Waals surface area (Å²) in [5.74, 6) is 2.02. The van der Waals surface area contributed by atoms with E-state index in [1.165, 1.54) is 75.3 Å². The zero-order valence-electron chi connectivity index (χ0n) is 45.8. The van der Waals surface area contributed by atoms with Crippen LogP contribution < -0.4 is 36.6 Å². The van der Waals surface area contributed by atoms with Crippen LogP contribution in [0.3, 0.4) is 0 Å². The van der Waals surface area contributed by atoms with Crippen molar-refractivity contribution in [1.82, 2.24) is 9.97 Å². The number of hydrogen-bond acceptors (Lipinski definition) is 4. The van der Waals surface area contributed by atoms with Crippen molar-refractivity contribution in [3.05, 3.63) is 266 Å². The monoisotopic (exact) mass is 1220 g/mol. The third-order valence-electron chi connectivity index (χ3n) is 14.0. The first-order chi connectivity index (χ1) is 39.4. The molecule has 2 aromatic heterocycles. The molecule has 0 radical (unpaired) electrons. The molecule has 10 aromatic carbocycles. The van der Waals surface area contributed by atoms with Gasteiger partial charge >= 0.3 is 50.1 Å². The first-order valence-corrected chi connectivity index (χ1v) is 31.5. The van der Waals surface area contributed by atoms with Crippen molar-refractivity contribution in [2.75, 3.05) is 13.2 Å². The van der Waals surface area contributed by atoms with Crippen LogP contribution in [0.2, 0.25) is 0 Å². The molecular weight excluding hydrogens is 1160 g/mol. The Bertz CT molecular complexity index is 3870. The molecule has 4 nitrogen and oxygen atoms in total. The largest absolute Gasteiger partial charge is 1.00 e. The van der Waals surface area contributed by atoms with Crippen LogP contribution in [-0.2, 0) is 27.2 Å². The molecule has 1 aliphatic rings. The van der Waals surface area contributed by atoms with E-state index in [-0.39, 0.29) is 22.5 Å². The van der Waals surface area contributed by atoms with Crippen LogP contribution in [0, 0.1) is 0 Å². The minimum atomic E-state index is -10.7. The van der Waals surface area contributed by atoms with Gasteiger partial charge in [0.15, 0.2) is 0 Å². The van der Waals surface area contributed by atoms with E-state index in [0.29, 0.717) is 0 Å². The number of pyridine rings is 2. The van der Waals surface area contributed by atoms with Gasteiger partial charge in [0.1, 0.15) is 11.5 Å². The number of benzene rings is 10. The predicted octanol–water partition coefficient (Wildman–Crippen LogP) is 18.8. The van der Waals surface area contributed by atoms with E-state index in [1.807, 2.05) is 38.1 Å². The number of aromatic nitrogens is 2. The fourth-order valence-corrected chi connectivity index (χ4v) is 15.2. The second kappa shape index (κ2) is 24.9. The van der Waals surface area contributed by atoms with Gasteiger partial charge in [-0.2, -0.15) is 0 Å². The minimum absolute atomic E-state index is 0. The first-order valence-electron chi connectivity index (χ1n) is 26.8. The molecule has 14 heteroatoms. The number of para-hydroxylation sites is 2. The molecule has 12 aromatic rings. The first kappa shape index (κ1) is 60.3. The zero-order chi connectivity index (χ0) is 57.6. The molecule has 424 valence electrons. The number of fused-ring (bicyclic) bond motifs is 2. The fraction of sp³-hybridized carbons (Fsp3) is 0.101. The van der Waals surface area contributed by atoms with E-state index in [2.05, 4.69) is 243 Å². The summed E-state index contributed by atoms with van der Waals surface area (Å²) < 4.78 is 71.3. The van der Waals surface area contributed by atoms with E-state index < -0.39 is 23.7 Å². The second-order valence-electron chi connectivity index (χ2n) is 19.9. The summed E-state index contributed by atoms with van der Waals surface area (Å²) in [4.78, 5) is 9.38. The van der Waals surface area contributed by atoms with Gasteiger partial charge in [0.2, 0.25) is 0 Å². The second-order valence-corrected chi connectivity index (χ2v) is 26.2. The average molecular weight is 1220 g/mol. The van der Waals surface area contributed by atoms with E-state index in [4.69, 9.17) is 14.5 Å². The van der Waals surface area contributed by atoms with Crippen LogP contribution in [0.1, 0.15) is 38.8 Å². The van der Waals surface area contributed by atoms with Crippen molar-refractivity contribution in [1.29, 1.82) is 0 Å². The van der Waals surface area contributed by atoms with Gasteiger partial charge in [0.25, 0.3) is 0 Å². The maximum atomic E-state index is 9.87. The van der Waals surface area contributed by atoms with Gasteiger partial charge in [-0.25, -0.2) is 4.98 Å². The minimum Gasteiger partial charge on any atom is -0.255 e. The van der Waals surface area contributed by atoms with Crippen LogP contribution in [0.25, 0.3) is 55.0 Å². The van der Waals surface area contributed by atoms with Crippen molar-refractivity contribution in [2.24, 2.45) is 0 Å². The molecule has 1 aliphatic heterocycles. The Hall–Kier alpha value is -7.31. The summed E-state index contributed by atoms with van der Waals surface area (Å²) in [5, 5.41) is 15.5. The van der Waals surface area contributed by atoms with Crippen molar-refractivity contribution >= 4 is 87.8 Å². The molecule has 13 rings (SSSR count). The predicted molar refractivity (Wildman–Crippen MR) is 335 cm³/mol. The van der Waals surface area contributed by atoms with E-state index in [1.54, 1.807) is 6.20 Å². The van der Waals surface area contributed by atoms with Crippen molar-refractivity contribution in [3.8, 4) is 34.1 Å². The molecule has 3 heterocycles. The molecule has 0 amide bonds. The molecule has 0 atom stereocenters. The standard InChI is InChI=1S/C39H32OP2.C26H16N2.C4H10O.Cu.F6P/c1-39(2)33-25-15-27-35(41(29-17-7-3-8-18-29)30-19-9-4-10-20-30)37(33)40-38-34(39)26-16-28-36(38)42(31-21-11-5-12-22-31)32-23-13-6-14-24-32;1-2-16-27-23(7-1)24-9-4-8-22(28-24)20-14-12-19-11-10-17-5-3-6-18-13-15-21(20)26(19)25(17)18;1-3-5-4-2;;1-7(2,3,4,5)6/h3-28H,1-2H3;1-16H;3-4H2,1-2H3;;/q;;;+1;-1. The molecule has 0 saturated heterocycles. The number of ether oxygens (including phenoxy) is 2. The normalized spacial score (nSPS) is 13.1. The van der Waals surface area contributed by atoms with Crippen LogP contribution in [0.15, 0.2) is 255 Å². The summed E-state index contributed by atoms with van der Waals surface area (Å²) in [5.41, 5.74) is 6.17. The number of rotatable bonds is 10. The topological polar surface area (TPSA) is 44.2 Å². The molecule has 0 N–H and O–H groups in total. The third-order valence-corrected chi connectivity index (χ3v) is 18.9. The summed E-state index contributed by atoms with van der Waals surface area (Å²) >= 11 is 0. The van der Waals surface area contributed by atoms with Gasteiger partial charge in [-0.3, -0.25) is 4.98 Å². The SMILES string of the molecule is CC1(C)c2cccc(P(c3ccccc3)c3ccccc3)c2Oc2c(P(c3ccccc3)c3ccccc3)cccc21.CCOCC.F[P-](F)(F)(F)(F)F.[Cu+].c1ccc(-c2cccc(-c3ccc4ccc5cccc6ccc3c4c56)n2)nc1. The van der Waals surface area contributed by atoms with Gasteiger partial charge in [-0.1, -0.05) is 238 Å². The number of hydrogen-bond donors (Lipinski definition) is 0. The summed E-state index contributed by atoms with van der Waals surface area (Å²) in [6.07, 6.45) is 1.81. The van der Waals surface area contributed by atoms with E-state index in [9.17, 15) is 25.2 Å². The maximum absolute atomic E-state index is 10.7. The Labute approximate surface area is 493 Å². The Kier molecular flexibility index (Phi) is 18.1.